The van der Waals surface area contributed by atoms with Crippen molar-refractivity contribution in [2.75, 3.05) is 39.6 Å². The van der Waals surface area contributed by atoms with Gasteiger partial charge in [0.1, 0.15) is 19.3 Å². The second-order valence-electron chi connectivity index (χ2n) is 29.1. The molecule has 19 heteroatoms. The van der Waals surface area contributed by atoms with Crippen molar-refractivity contribution in [2.24, 2.45) is 23.7 Å². The number of aliphatic hydroxyl groups excluding tert-OH is 1. The van der Waals surface area contributed by atoms with Crippen LogP contribution in [0.5, 0.6) is 0 Å². The number of carbonyl (C=O) groups is 4. The Morgan fingerprint density at radius 3 is 0.747 bits per heavy atom. The Balaban J connectivity index is 5.23. The SMILES string of the molecule is CCC(C)CCCCCCCCCCCCC(=O)O[C@H](COC(=O)CCCCCCCCCCCCCCCCCCC(C)C)COP(=O)(O)OCC(O)COP(=O)(O)OC[C@@H](COC(=O)CCCCCCCCCC(C)C)OC(=O)CCCCCCCCCCCC(C)C. The molecule has 0 saturated heterocycles. The number of phosphoric acid groups is 2. The molecule has 0 aliphatic rings. The zero-order chi connectivity index (χ0) is 70.3. The standard InChI is InChI=1S/C76H148O17P2/c1-9-69(8)55-47-39-31-23-18-19-25-33-42-50-58-75(80)92-71(62-86-73(78)56-48-40-32-24-17-15-13-11-10-12-14-16-21-28-36-44-52-66(2)3)64-90-94(82,83)88-60-70(77)61-89-95(84,85)91-65-72(63-87-74(79)57-49-41-35-27-30-38-46-54-68(6)7)93-76(81)59-51-43-34-26-20-22-29-37-45-53-67(4)5/h66-72,77H,9-65H2,1-8H3,(H,82,83)(H,84,85)/t69?,70?,71-,72-/m1/s1. The first kappa shape index (κ1) is 93.1. The molecule has 4 unspecified atom stereocenters. The van der Waals surface area contributed by atoms with Gasteiger partial charge in [-0.15, -0.1) is 0 Å². The fourth-order valence-corrected chi connectivity index (χ4v) is 13.1. The average Bonchev–Trinajstić information content (AvgIpc) is 1.82. The minimum atomic E-state index is -4.96. The lowest BCUT2D eigenvalue weighted by molar-refractivity contribution is -0.161. The highest BCUT2D eigenvalue weighted by Gasteiger charge is 2.30. The van der Waals surface area contributed by atoms with Gasteiger partial charge < -0.3 is 33.8 Å². The molecule has 95 heavy (non-hydrogen) atoms. The van der Waals surface area contributed by atoms with Crippen molar-refractivity contribution in [3.05, 3.63) is 0 Å². The summed E-state index contributed by atoms with van der Waals surface area (Å²) < 4.78 is 68.5. The summed E-state index contributed by atoms with van der Waals surface area (Å²) in [5.41, 5.74) is 0. The first-order valence-electron chi connectivity index (χ1n) is 39.2. The van der Waals surface area contributed by atoms with Gasteiger partial charge in [0.05, 0.1) is 26.4 Å². The summed E-state index contributed by atoms with van der Waals surface area (Å²) in [4.78, 5) is 72.8. The van der Waals surface area contributed by atoms with Crippen LogP contribution in [-0.2, 0) is 65.4 Å². The van der Waals surface area contributed by atoms with Crippen molar-refractivity contribution in [1.82, 2.24) is 0 Å². The van der Waals surface area contributed by atoms with Gasteiger partial charge in [0.15, 0.2) is 12.2 Å². The minimum Gasteiger partial charge on any atom is -0.462 e. The lowest BCUT2D eigenvalue weighted by Gasteiger charge is -2.21. The molecule has 0 fully saturated rings. The molecular formula is C76H148O17P2. The summed E-state index contributed by atoms with van der Waals surface area (Å²) in [7, 11) is -9.91. The highest BCUT2D eigenvalue weighted by molar-refractivity contribution is 7.47. The van der Waals surface area contributed by atoms with Crippen molar-refractivity contribution in [3.8, 4) is 0 Å². The summed E-state index contributed by atoms with van der Waals surface area (Å²) >= 11 is 0. The number of hydrogen-bond acceptors (Lipinski definition) is 15. The van der Waals surface area contributed by atoms with Crippen molar-refractivity contribution in [3.63, 3.8) is 0 Å². The van der Waals surface area contributed by atoms with Crippen LogP contribution in [0.1, 0.15) is 383 Å². The molecule has 0 aliphatic heterocycles. The molecule has 0 amide bonds. The van der Waals surface area contributed by atoms with E-state index in [0.717, 1.165) is 114 Å². The Labute approximate surface area is 581 Å². The normalized spacial score (nSPS) is 14.4. The third-order valence-corrected chi connectivity index (χ3v) is 19.8. The topological polar surface area (TPSA) is 237 Å². The van der Waals surface area contributed by atoms with E-state index in [1.807, 2.05) is 0 Å². The third-order valence-electron chi connectivity index (χ3n) is 17.9. The molecule has 0 aliphatic carbocycles. The van der Waals surface area contributed by atoms with Gasteiger partial charge in [-0.1, -0.05) is 331 Å². The molecule has 564 valence electrons. The van der Waals surface area contributed by atoms with Gasteiger partial charge in [-0.2, -0.15) is 0 Å². The zero-order valence-electron chi connectivity index (χ0n) is 62.3. The Morgan fingerprint density at radius 1 is 0.295 bits per heavy atom. The first-order chi connectivity index (χ1) is 45.6. The third kappa shape index (κ3) is 69.0. The number of esters is 4. The molecular weight excluding hydrogens is 1250 g/mol. The van der Waals surface area contributed by atoms with E-state index in [1.165, 1.54) is 180 Å². The van der Waals surface area contributed by atoms with Crippen molar-refractivity contribution in [1.29, 1.82) is 0 Å². The van der Waals surface area contributed by atoms with Crippen LogP contribution >= 0.6 is 15.6 Å². The molecule has 0 saturated carbocycles. The Bertz CT molecular complexity index is 1870. The monoisotopic (exact) mass is 1400 g/mol. The fraction of sp³-hybridized carbons (Fsp3) is 0.947. The molecule has 0 rings (SSSR count). The van der Waals surface area contributed by atoms with Crippen LogP contribution in [0.25, 0.3) is 0 Å². The Morgan fingerprint density at radius 2 is 0.505 bits per heavy atom. The molecule has 0 radical (unpaired) electrons. The maximum atomic E-state index is 13.1. The fourth-order valence-electron chi connectivity index (χ4n) is 11.5. The molecule has 0 aromatic heterocycles. The molecule has 0 spiro atoms. The van der Waals surface area contributed by atoms with E-state index >= 15 is 0 Å². The molecule has 0 bridgehead atoms. The van der Waals surface area contributed by atoms with Crippen LogP contribution in [0.4, 0.5) is 0 Å². The van der Waals surface area contributed by atoms with E-state index in [9.17, 15) is 43.2 Å². The molecule has 6 atom stereocenters. The Kier molecular flexibility index (Phi) is 64.0. The van der Waals surface area contributed by atoms with E-state index in [0.29, 0.717) is 31.6 Å². The van der Waals surface area contributed by atoms with Crippen molar-refractivity contribution < 1.29 is 80.2 Å². The van der Waals surface area contributed by atoms with Crippen LogP contribution in [0, 0.1) is 23.7 Å². The van der Waals surface area contributed by atoms with Gasteiger partial charge in [-0.25, -0.2) is 9.13 Å². The van der Waals surface area contributed by atoms with Gasteiger partial charge in [0, 0.05) is 25.7 Å². The van der Waals surface area contributed by atoms with Gasteiger partial charge in [-0.3, -0.25) is 37.3 Å². The second-order valence-corrected chi connectivity index (χ2v) is 32.0. The van der Waals surface area contributed by atoms with E-state index in [-0.39, 0.29) is 25.7 Å². The number of rotatable bonds is 73. The van der Waals surface area contributed by atoms with Crippen LogP contribution in [0.3, 0.4) is 0 Å². The predicted octanol–water partition coefficient (Wildman–Crippen LogP) is 22.0. The van der Waals surface area contributed by atoms with E-state index in [4.69, 9.17) is 37.0 Å². The summed E-state index contributed by atoms with van der Waals surface area (Å²) in [6.07, 6.45) is 50.0. The Hall–Kier alpha value is -1.94. The molecule has 0 aromatic rings. The number of carbonyl (C=O) groups excluding carboxylic acids is 4. The predicted molar refractivity (Wildman–Crippen MR) is 386 cm³/mol. The van der Waals surface area contributed by atoms with Crippen LogP contribution in [0.2, 0.25) is 0 Å². The summed E-state index contributed by atoms with van der Waals surface area (Å²) in [5, 5.41) is 10.6. The number of aliphatic hydroxyl groups is 1. The van der Waals surface area contributed by atoms with Gasteiger partial charge in [-0.05, 0) is 49.4 Å². The quantitative estimate of drug-likeness (QED) is 0.0222. The lowest BCUT2D eigenvalue weighted by Crippen LogP contribution is -2.30. The second kappa shape index (κ2) is 65.4. The molecule has 0 aromatic carbocycles. The van der Waals surface area contributed by atoms with E-state index in [1.54, 1.807) is 0 Å². The highest BCUT2D eigenvalue weighted by atomic mass is 31.2. The van der Waals surface area contributed by atoms with E-state index in [2.05, 4.69) is 55.4 Å². The summed E-state index contributed by atoms with van der Waals surface area (Å²) in [6, 6.07) is 0. The summed E-state index contributed by atoms with van der Waals surface area (Å²) in [5.74, 6) is 0.935. The van der Waals surface area contributed by atoms with Crippen LogP contribution in [-0.4, -0.2) is 96.7 Å². The lowest BCUT2D eigenvalue weighted by atomic mass is 9.99. The van der Waals surface area contributed by atoms with Crippen molar-refractivity contribution >= 4 is 39.5 Å². The number of ether oxygens (including phenoxy) is 4. The van der Waals surface area contributed by atoms with Crippen LogP contribution < -0.4 is 0 Å². The average molecular weight is 1400 g/mol. The smallest absolute Gasteiger partial charge is 0.462 e. The molecule has 3 N–H and O–H groups in total. The number of unbranched alkanes of at least 4 members (excludes halogenated alkanes) is 38. The minimum absolute atomic E-state index is 0.104. The first-order valence-corrected chi connectivity index (χ1v) is 42.2. The summed E-state index contributed by atoms with van der Waals surface area (Å²) in [6.45, 7) is 14.2. The molecule has 17 nitrogen and oxygen atoms in total. The molecule has 0 heterocycles. The van der Waals surface area contributed by atoms with Gasteiger partial charge in [0.25, 0.3) is 0 Å². The van der Waals surface area contributed by atoms with Crippen molar-refractivity contribution in [2.45, 2.75) is 401 Å². The number of phosphoric ester groups is 2. The largest absolute Gasteiger partial charge is 0.472 e. The highest BCUT2D eigenvalue weighted by Crippen LogP contribution is 2.45. The number of hydrogen-bond donors (Lipinski definition) is 3. The zero-order valence-corrected chi connectivity index (χ0v) is 64.1. The van der Waals surface area contributed by atoms with Gasteiger partial charge >= 0.3 is 39.5 Å². The van der Waals surface area contributed by atoms with E-state index < -0.39 is 97.5 Å². The maximum absolute atomic E-state index is 13.1. The maximum Gasteiger partial charge on any atom is 0.472 e. The van der Waals surface area contributed by atoms with Gasteiger partial charge in [0.2, 0.25) is 0 Å². The van der Waals surface area contributed by atoms with Crippen LogP contribution in [0.15, 0.2) is 0 Å².